The first-order valence-corrected chi connectivity index (χ1v) is 16.7. The van der Waals surface area contributed by atoms with Gasteiger partial charge in [-0.2, -0.15) is 0 Å². The predicted molar refractivity (Wildman–Crippen MR) is 173 cm³/mol. The van der Waals surface area contributed by atoms with E-state index < -0.39 is 29.6 Å². The van der Waals surface area contributed by atoms with Gasteiger partial charge in [0, 0.05) is 41.3 Å². The number of aryl methyl sites for hydroxylation is 1. The molecule has 4 heterocycles. The summed E-state index contributed by atoms with van der Waals surface area (Å²) in [5, 5.41) is 16.4. The molecule has 11 nitrogen and oxygen atoms in total. The van der Waals surface area contributed by atoms with Crippen molar-refractivity contribution in [3.05, 3.63) is 47.0 Å². The molecule has 1 saturated heterocycles. The average Bonchev–Trinajstić information content (AvgIpc) is 3.33. The molecule has 12 heteroatoms. The van der Waals surface area contributed by atoms with Crippen LogP contribution < -0.4 is 14.8 Å². The molecule has 0 unspecified atom stereocenters. The Morgan fingerprint density at radius 1 is 1.22 bits per heavy atom. The number of rotatable bonds is 6. The fourth-order valence-electron chi connectivity index (χ4n) is 6.30. The minimum atomic E-state index is -1.37. The molecular weight excluding hydrogens is 608 g/mol. The Hall–Kier alpha value is -4.03. The largest absolute Gasteiger partial charge is 0.496 e. The summed E-state index contributed by atoms with van der Waals surface area (Å²) in [7, 11) is 1.62. The van der Waals surface area contributed by atoms with E-state index in [0.29, 0.717) is 35.7 Å². The first kappa shape index (κ1) is 31.9. The highest BCUT2D eigenvalue weighted by Crippen LogP contribution is 2.45. The van der Waals surface area contributed by atoms with Crippen molar-refractivity contribution in [1.29, 1.82) is 0 Å². The number of amides is 2. The minimum absolute atomic E-state index is 0.146. The number of methoxy groups -OCH3 is 1. The Balaban J connectivity index is 1.33. The van der Waals surface area contributed by atoms with Crippen molar-refractivity contribution < 1.29 is 33.7 Å². The monoisotopic (exact) mass is 648 g/mol. The lowest BCUT2D eigenvalue weighted by molar-refractivity contribution is -0.146. The average molecular weight is 649 g/mol. The van der Waals surface area contributed by atoms with Crippen molar-refractivity contribution in [2.75, 3.05) is 26.9 Å². The molecule has 0 bridgehead atoms. The summed E-state index contributed by atoms with van der Waals surface area (Å²) in [5.41, 5.74) is 1.82. The molecule has 3 aromatic rings. The van der Waals surface area contributed by atoms with Crippen molar-refractivity contribution in [1.82, 2.24) is 20.2 Å². The molecule has 2 aromatic heterocycles. The highest BCUT2D eigenvalue weighted by atomic mass is 32.1. The molecule has 244 valence electrons. The fraction of sp³-hybridized carbons (Fsp3) is 0.500. The van der Waals surface area contributed by atoms with Crippen molar-refractivity contribution in [3.8, 4) is 22.2 Å². The van der Waals surface area contributed by atoms with Crippen LogP contribution in [0.2, 0.25) is 0 Å². The molecular formula is C34H40N4O7S. The Labute approximate surface area is 272 Å². The number of carboxylic acids is 1. The van der Waals surface area contributed by atoms with Crippen molar-refractivity contribution in [2.24, 2.45) is 5.92 Å². The number of benzene rings is 1. The first-order chi connectivity index (χ1) is 22.1. The van der Waals surface area contributed by atoms with E-state index >= 15 is 0 Å². The van der Waals surface area contributed by atoms with Gasteiger partial charge in [-0.3, -0.25) is 9.59 Å². The van der Waals surface area contributed by atoms with Crippen LogP contribution in [0.25, 0.3) is 21.6 Å². The van der Waals surface area contributed by atoms with Crippen LogP contribution in [0.4, 0.5) is 0 Å². The van der Waals surface area contributed by atoms with Crippen molar-refractivity contribution in [3.63, 3.8) is 0 Å². The molecule has 1 aromatic carbocycles. The van der Waals surface area contributed by atoms with Gasteiger partial charge < -0.3 is 29.5 Å². The van der Waals surface area contributed by atoms with E-state index in [4.69, 9.17) is 24.2 Å². The number of ether oxygens (including phenoxy) is 3. The van der Waals surface area contributed by atoms with Gasteiger partial charge in [0.2, 0.25) is 11.8 Å². The Morgan fingerprint density at radius 3 is 2.78 bits per heavy atom. The van der Waals surface area contributed by atoms with Gasteiger partial charge >= 0.3 is 5.97 Å². The third-order valence-electron chi connectivity index (χ3n) is 9.12. The van der Waals surface area contributed by atoms with Crippen LogP contribution in [0, 0.1) is 12.8 Å². The number of hydrogen-bond acceptors (Lipinski definition) is 9. The molecule has 3 aliphatic rings. The molecule has 46 heavy (non-hydrogen) atoms. The van der Waals surface area contributed by atoms with Crippen LogP contribution in [0.15, 0.2) is 35.7 Å². The zero-order valence-electron chi connectivity index (χ0n) is 26.6. The maximum atomic E-state index is 13.7. The summed E-state index contributed by atoms with van der Waals surface area (Å²) in [6.07, 6.45) is 6.24. The minimum Gasteiger partial charge on any atom is -0.496 e. The SMILES string of the molecule is COc1ccc2c(O[C@@H]3C[C@H]4C(=O)N[C@]5(C(=O)O)C[C@H]5/C=C\CCCCOCC(=O)N4C3)cc(-c3nc(C(C)C)cs3)nc2c1C. The molecule has 2 amide bonds. The Morgan fingerprint density at radius 2 is 2.04 bits per heavy atom. The molecule has 1 saturated carbocycles. The normalized spacial score (nSPS) is 26.1. The molecule has 2 N–H and O–H groups in total. The summed E-state index contributed by atoms with van der Waals surface area (Å²) < 4.78 is 17.9. The highest BCUT2D eigenvalue weighted by molar-refractivity contribution is 7.13. The third kappa shape index (κ3) is 6.20. The Bertz CT molecular complexity index is 1690. The lowest BCUT2D eigenvalue weighted by atomic mass is 10.1. The van der Waals surface area contributed by atoms with Crippen LogP contribution in [0.3, 0.4) is 0 Å². The van der Waals surface area contributed by atoms with Crippen LogP contribution in [-0.2, 0) is 19.1 Å². The topological polar surface area (TPSA) is 140 Å². The van der Waals surface area contributed by atoms with Crippen LogP contribution in [0.1, 0.15) is 63.1 Å². The van der Waals surface area contributed by atoms with Crippen molar-refractivity contribution in [2.45, 2.75) is 76.5 Å². The van der Waals surface area contributed by atoms with Crippen LogP contribution in [-0.4, -0.2) is 82.3 Å². The number of thiazole rings is 1. The number of pyridine rings is 1. The molecule has 2 fully saturated rings. The first-order valence-electron chi connectivity index (χ1n) is 15.8. The number of nitrogens with one attached hydrogen (secondary N) is 1. The van der Waals surface area contributed by atoms with E-state index in [1.54, 1.807) is 7.11 Å². The van der Waals surface area contributed by atoms with Gasteiger partial charge in [0.05, 0.1) is 24.9 Å². The highest BCUT2D eigenvalue weighted by Gasteiger charge is 2.61. The predicted octanol–water partition coefficient (Wildman–Crippen LogP) is 4.86. The zero-order valence-corrected chi connectivity index (χ0v) is 27.4. The molecule has 0 radical (unpaired) electrons. The second kappa shape index (κ2) is 13.0. The smallest absolute Gasteiger partial charge is 0.330 e. The summed E-state index contributed by atoms with van der Waals surface area (Å²) in [4.78, 5) is 50.7. The molecule has 0 spiro atoms. The van der Waals surface area contributed by atoms with Gasteiger partial charge in [0.15, 0.2) is 0 Å². The van der Waals surface area contributed by atoms with Gasteiger partial charge in [-0.25, -0.2) is 14.8 Å². The molecule has 6 rings (SSSR count). The lowest BCUT2D eigenvalue weighted by Gasteiger charge is -2.25. The summed E-state index contributed by atoms with van der Waals surface area (Å²) in [5.74, 6) is -0.688. The zero-order chi connectivity index (χ0) is 32.6. The van der Waals surface area contributed by atoms with Crippen molar-refractivity contribution >= 4 is 40.0 Å². The van der Waals surface area contributed by atoms with Crippen LogP contribution in [0.5, 0.6) is 11.5 Å². The standard InChI is InChI=1S/C34H40N4O7S/c1-19(2)25-18-46-32(36-25)24-14-28(23-10-11-27(43-4)20(3)30(23)35-24)45-22-13-26-31(40)37-34(33(41)42)15-21(34)9-7-5-6-8-12-44-17-29(39)38(26)16-22/h7,9-11,14,18-19,21-22,26H,5-6,8,12-13,15-17H2,1-4H3,(H,37,40)(H,41,42)/b9-7-/t21-,22-,26+,34-/m1/s1. The third-order valence-corrected chi connectivity index (χ3v) is 10.0. The Kier molecular flexibility index (Phi) is 9.02. The van der Waals surface area contributed by atoms with E-state index in [0.717, 1.165) is 40.9 Å². The number of carbonyl (C=O) groups is 3. The van der Waals surface area contributed by atoms with Crippen LogP contribution >= 0.6 is 11.3 Å². The van der Waals surface area contributed by atoms with E-state index in [9.17, 15) is 19.5 Å². The van der Waals surface area contributed by atoms with E-state index in [1.165, 1.54) is 16.2 Å². The fourth-order valence-corrected chi connectivity index (χ4v) is 7.24. The number of nitrogens with zero attached hydrogens (tertiary/aromatic N) is 3. The maximum Gasteiger partial charge on any atom is 0.330 e. The van der Waals surface area contributed by atoms with E-state index in [1.807, 2.05) is 42.7 Å². The number of hydrogen-bond donors (Lipinski definition) is 2. The molecule has 1 aliphatic carbocycles. The van der Waals surface area contributed by atoms with Gasteiger partial charge in [-0.15, -0.1) is 11.3 Å². The van der Waals surface area contributed by atoms with Gasteiger partial charge in [-0.1, -0.05) is 26.0 Å². The van der Waals surface area contributed by atoms with Gasteiger partial charge in [-0.05, 0) is 50.7 Å². The molecule has 4 atom stereocenters. The quantitative estimate of drug-likeness (QED) is 0.359. The number of carbonyl (C=O) groups excluding carboxylic acids is 2. The summed E-state index contributed by atoms with van der Waals surface area (Å²) in [6, 6.07) is 4.71. The maximum absolute atomic E-state index is 13.7. The number of aromatic nitrogens is 2. The second-order valence-corrected chi connectivity index (χ2v) is 13.5. The number of allylic oxidation sites excluding steroid dienone is 1. The van der Waals surface area contributed by atoms with Gasteiger partial charge in [0.1, 0.15) is 46.5 Å². The van der Waals surface area contributed by atoms with E-state index in [-0.39, 0.29) is 37.3 Å². The van der Waals surface area contributed by atoms with E-state index in [2.05, 4.69) is 19.2 Å². The number of carboxylic acid groups (broad SMARTS) is 1. The van der Waals surface area contributed by atoms with Gasteiger partial charge in [0.25, 0.3) is 0 Å². The number of fused-ring (bicyclic) bond motifs is 3. The number of aliphatic carboxylic acids is 1. The second-order valence-electron chi connectivity index (χ2n) is 12.6. The summed E-state index contributed by atoms with van der Waals surface area (Å²) >= 11 is 1.51. The molecule has 2 aliphatic heterocycles. The lowest BCUT2D eigenvalue weighted by Crippen LogP contribution is -2.53. The summed E-state index contributed by atoms with van der Waals surface area (Å²) in [6.45, 7) is 6.53.